The van der Waals surface area contributed by atoms with Crippen molar-refractivity contribution in [3.05, 3.63) is 24.3 Å². The maximum absolute atomic E-state index is 12.1. The van der Waals surface area contributed by atoms with E-state index >= 15 is 0 Å². The zero-order valence-corrected chi connectivity index (χ0v) is 13.8. The van der Waals surface area contributed by atoms with Crippen molar-refractivity contribution in [2.24, 2.45) is 5.92 Å². The smallest absolute Gasteiger partial charge is 0.240 e. The summed E-state index contributed by atoms with van der Waals surface area (Å²) in [6.45, 7) is 4.98. The molecule has 1 saturated heterocycles. The van der Waals surface area contributed by atoms with Gasteiger partial charge in [0.1, 0.15) is 5.75 Å². The fraction of sp³-hybridized carbons (Fsp3) is 0.571. The first-order valence-corrected chi connectivity index (χ1v) is 8.53. The number of ether oxygens (including phenoxy) is 1. The lowest BCUT2D eigenvalue weighted by Gasteiger charge is -2.10. The summed E-state index contributed by atoms with van der Waals surface area (Å²) in [5.41, 5.74) is 0. The van der Waals surface area contributed by atoms with E-state index in [2.05, 4.69) is 10.0 Å². The number of nitrogens with one attached hydrogen (secondary N) is 2. The SMILES string of the molecule is CCOc1ccc(S(=O)(=O)NCCC2CCNC2)cc1.Cl. The van der Waals surface area contributed by atoms with Gasteiger partial charge in [-0.3, -0.25) is 0 Å². The van der Waals surface area contributed by atoms with Gasteiger partial charge in [0.15, 0.2) is 0 Å². The van der Waals surface area contributed by atoms with Crippen LogP contribution in [0.2, 0.25) is 0 Å². The standard InChI is InChI=1S/C14H22N2O3S.ClH/c1-2-19-13-3-5-14(6-4-13)20(17,18)16-10-8-12-7-9-15-11-12;/h3-6,12,15-16H,2,7-11H2,1H3;1H. The Morgan fingerprint density at radius 3 is 2.62 bits per heavy atom. The number of benzene rings is 1. The second-order valence-corrected chi connectivity index (χ2v) is 6.72. The van der Waals surface area contributed by atoms with Crippen LogP contribution in [0.15, 0.2) is 29.2 Å². The molecular formula is C14H23ClN2O3S. The van der Waals surface area contributed by atoms with Crippen LogP contribution in [0.5, 0.6) is 5.75 Å². The van der Waals surface area contributed by atoms with Gasteiger partial charge in [0.25, 0.3) is 0 Å². The lowest BCUT2D eigenvalue weighted by Crippen LogP contribution is -2.26. The monoisotopic (exact) mass is 334 g/mol. The van der Waals surface area contributed by atoms with E-state index in [0.717, 1.165) is 25.9 Å². The Bertz CT molecular complexity index is 514. The van der Waals surface area contributed by atoms with Crippen LogP contribution in [-0.4, -0.2) is 34.7 Å². The molecule has 0 amide bonds. The predicted octanol–water partition coefficient (Wildman–Crippen LogP) is 1.78. The Hall–Kier alpha value is -0.820. The molecule has 1 heterocycles. The molecule has 7 heteroatoms. The quantitative estimate of drug-likeness (QED) is 0.797. The second kappa shape index (κ2) is 8.58. The zero-order valence-electron chi connectivity index (χ0n) is 12.2. The summed E-state index contributed by atoms with van der Waals surface area (Å²) in [5.74, 6) is 1.27. The van der Waals surface area contributed by atoms with Crippen molar-refractivity contribution in [1.29, 1.82) is 0 Å². The fourth-order valence-electron chi connectivity index (χ4n) is 2.32. The van der Waals surface area contributed by atoms with E-state index < -0.39 is 10.0 Å². The highest BCUT2D eigenvalue weighted by atomic mass is 35.5. The molecule has 0 aromatic heterocycles. The van der Waals surface area contributed by atoms with Crippen LogP contribution >= 0.6 is 12.4 Å². The van der Waals surface area contributed by atoms with Crippen LogP contribution in [-0.2, 0) is 10.0 Å². The third kappa shape index (κ3) is 5.47. The van der Waals surface area contributed by atoms with Gasteiger partial charge < -0.3 is 10.1 Å². The predicted molar refractivity (Wildman–Crippen MR) is 85.6 cm³/mol. The average Bonchev–Trinajstić information content (AvgIpc) is 2.93. The van der Waals surface area contributed by atoms with Gasteiger partial charge in [-0.05, 0) is 63.0 Å². The first-order valence-electron chi connectivity index (χ1n) is 7.05. The van der Waals surface area contributed by atoms with E-state index in [1.54, 1.807) is 24.3 Å². The molecule has 1 aliphatic heterocycles. The van der Waals surface area contributed by atoms with E-state index in [1.165, 1.54) is 0 Å². The minimum absolute atomic E-state index is 0. The summed E-state index contributed by atoms with van der Waals surface area (Å²) in [6.07, 6.45) is 2.01. The molecule has 1 aliphatic rings. The van der Waals surface area contributed by atoms with E-state index in [4.69, 9.17) is 4.74 Å². The molecule has 0 radical (unpaired) electrons. The van der Waals surface area contributed by atoms with Crippen molar-refractivity contribution >= 4 is 22.4 Å². The van der Waals surface area contributed by atoms with Crippen molar-refractivity contribution in [3.63, 3.8) is 0 Å². The molecule has 1 aromatic rings. The van der Waals surface area contributed by atoms with E-state index in [1.807, 2.05) is 6.92 Å². The number of hydrogen-bond acceptors (Lipinski definition) is 4. The molecule has 1 aromatic carbocycles. The second-order valence-electron chi connectivity index (χ2n) is 4.95. The van der Waals surface area contributed by atoms with Gasteiger partial charge in [0.2, 0.25) is 10.0 Å². The molecule has 1 unspecified atom stereocenters. The van der Waals surface area contributed by atoms with Crippen LogP contribution in [0.1, 0.15) is 19.8 Å². The van der Waals surface area contributed by atoms with E-state index in [0.29, 0.717) is 24.8 Å². The van der Waals surface area contributed by atoms with E-state index in [9.17, 15) is 8.42 Å². The molecule has 2 N–H and O–H groups in total. The molecule has 120 valence electrons. The van der Waals surface area contributed by atoms with Gasteiger partial charge in [-0.2, -0.15) is 0 Å². The number of halogens is 1. The Morgan fingerprint density at radius 2 is 2.05 bits per heavy atom. The molecule has 0 aliphatic carbocycles. The molecule has 1 fully saturated rings. The number of sulfonamides is 1. The van der Waals surface area contributed by atoms with Crippen LogP contribution in [0.25, 0.3) is 0 Å². The van der Waals surface area contributed by atoms with Crippen LogP contribution in [0.4, 0.5) is 0 Å². The average molecular weight is 335 g/mol. The minimum Gasteiger partial charge on any atom is -0.494 e. The minimum atomic E-state index is -3.41. The molecule has 5 nitrogen and oxygen atoms in total. The van der Waals surface area contributed by atoms with Gasteiger partial charge >= 0.3 is 0 Å². The molecule has 1 atom stereocenters. The summed E-state index contributed by atoms with van der Waals surface area (Å²) in [7, 11) is -3.41. The van der Waals surface area contributed by atoms with Crippen LogP contribution < -0.4 is 14.8 Å². The zero-order chi connectivity index (χ0) is 14.4. The van der Waals surface area contributed by atoms with Gasteiger partial charge in [-0.1, -0.05) is 0 Å². The molecule has 0 saturated carbocycles. The maximum Gasteiger partial charge on any atom is 0.240 e. The summed E-state index contributed by atoms with van der Waals surface area (Å²) in [6, 6.07) is 6.51. The highest BCUT2D eigenvalue weighted by molar-refractivity contribution is 7.89. The first kappa shape index (κ1) is 18.2. The van der Waals surface area contributed by atoms with Crippen molar-refractivity contribution in [2.75, 3.05) is 26.2 Å². The third-order valence-electron chi connectivity index (χ3n) is 3.45. The fourth-order valence-corrected chi connectivity index (χ4v) is 3.37. The third-order valence-corrected chi connectivity index (χ3v) is 4.93. The molecule has 0 bridgehead atoms. The highest BCUT2D eigenvalue weighted by Crippen LogP contribution is 2.16. The Balaban J connectivity index is 0.00000220. The topological polar surface area (TPSA) is 67.4 Å². The largest absolute Gasteiger partial charge is 0.494 e. The molecule has 0 spiro atoms. The lowest BCUT2D eigenvalue weighted by molar-refractivity contribution is 0.340. The molecule has 2 rings (SSSR count). The number of rotatable bonds is 7. The molecule has 21 heavy (non-hydrogen) atoms. The van der Waals surface area contributed by atoms with Crippen molar-refractivity contribution in [1.82, 2.24) is 10.0 Å². The van der Waals surface area contributed by atoms with Crippen LogP contribution in [0, 0.1) is 5.92 Å². The maximum atomic E-state index is 12.1. The van der Waals surface area contributed by atoms with Gasteiger partial charge in [-0.25, -0.2) is 13.1 Å². The van der Waals surface area contributed by atoms with Crippen molar-refractivity contribution in [2.45, 2.75) is 24.7 Å². The van der Waals surface area contributed by atoms with Gasteiger partial charge in [0, 0.05) is 6.54 Å². The number of hydrogen-bond donors (Lipinski definition) is 2. The Labute approximate surface area is 132 Å². The van der Waals surface area contributed by atoms with Crippen molar-refractivity contribution < 1.29 is 13.2 Å². The van der Waals surface area contributed by atoms with Gasteiger partial charge in [-0.15, -0.1) is 12.4 Å². The first-order chi connectivity index (χ1) is 9.62. The summed E-state index contributed by atoms with van der Waals surface area (Å²) < 4.78 is 32.2. The summed E-state index contributed by atoms with van der Waals surface area (Å²) >= 11 is 0. The lowest BCUT2D eigenvalue weighted by atomic mass is 10.1. The highest BCUT2D eigenvalue weighted by Gasteiger charge is 2.17. The van der Waals surface area contributed by atoms with E-state index in [-0.39, 0.29) is 17.3 Å². The Kier molecular flexibility index (Phi) is 7.45. The summed E-state index contributed by atoms with van der Waals surface area (Å²) in [4.78, 5) is 0.283. The Morgan fingerprint density at radius 1 is 1.33 bits per heavy atom. The van der Waals surface area contributed by atoms with Crippen molar-refractivity contribution in [3.8, 4) is 5.75 Å². The summed E-state index contributed by atoms with van der Waals surface area (Å²) in [5, 5.41) is 3.28. The molecular weight excluding hydrogens is 312 g/mol. The van der Waals surface area contributed by atoms with Crippen LogP contribution in [0.3, 0.4) is 0 Å². The normalized spacial score (nSPS) is 18.2. The van der Waals surface area contributed by atoms with Gasteiger partial charge in [0.05, 0.1) is 11.5 Å².